The van der Waals surface area contributed by atoms with Crippen molar-refractivity contribution in [1.29, 1.82) is 0 Å². The maximum atomic E-state index is 11.9. The highest BCUT2D eigenvalue weighted by Gasteiger charge is 2.05. The number of nitrogens with one attached hydrogen (secondary N) is 2. The zero-order valence-electron chi connectivity index (χ0n) is 12.8. The number of nitrogens with zero attached hydrogens (tertiary/aromatic N) is 1. The number of benzene rings is 1. The Morgan fingerprint density at radius 1 is 1.29 bits per heavy atom. The van der Waals surface area contributed by atoms with Crippen LogP contribution in [0.3, 0.4) is 0 Å². The number of para-hydroxylation sites is 1. The van der Waals surface area contributed by atoms with Crippen molar-refractivity contribution in [2.75, 3.05) is 18.4 Å². The van der Waals surface area contributed by atoms with Crippen molar-refractivity contribution in [2.24, 2.45) is 0 Å². The van der Waals surface area contributed by atoms with Crippen LogP contribution in [0.1, 0.15) is 24.5 Å². The van der Waals surface area contributed by atoms with Gasteiger partial charge in [0.25, 0.3) is 0 Å². The third-order valence-electron chi connectivity index (χ3n) is 3.01. The van der Waals surface area contributed by atoms with Gasteiger partial charge in [-0.3, -0.25) is 9.59 Å². The van der Waals surface area contributed by atoms with Gasteiger partial charge in [-0.15, -0.1) is 0 Å². The molecule has 21 heavy (non-hydrogen) atoms. The lowest BCUT2D eigenvalue weighted by Crippen LogP contribution is -2.26. The van der Waals surface area contributed by atoms with Crippen LogP contribution < -0.4 is 10.6 Å². The summed E-state index contributed by atoms with van der Waals surface area (Å²) in [6.07, 6.45) is 4.88. The largest absolute Gasteiger partial charge is 0.381 e. The summed E-state index contributed by atoms with van der Waals surface area (Å²) in [5, 5.41) is 5.76. The van der Waals surface area contributed by atoms with Gasteiger partial charge in [0.05, 0.1) is 6.54 Å². The number of carbonyl (C=O) groups excluding carboxylic acids is 2. The molecule has 5 heteroatoms. The molecule has 1 aromatic carbocycles. The van der Waals surface area contributed by atoms with Gasteiger partial charge >= 0.3 is 0 Å². The second-order valence-electron chi connectivity index (χ2n) is 4.85. The van der Waals surface area contributed by atoms with Crippen LogP contribution in [0.5, 0.6) is 0 Å². The summed E-state index contributed by atoms with van der Waals surface area (Å²) < 4.78 is 0. The molecule has 0 radical (unpaired) electrons. The molecule has 0 spiro atoms. The number of aryl methyl sites for hydroxylation is 2. The monoisotopic (exact) mass is 289 g/mol. The van der Waals surface area contributed by atoms with Gasteiger partial charge in [-0.2, -0.15) is 0 Å². The number of amides is 2. The average Bonchev–Trinajstić information content (AvgIpc) is 2.46. The van der Waals surface area contributed by atoms with Gasteiger partial charge in [-0.25, -0.2) is 0 Å². The molecule has 0 bridgehead atoms. The van der Waals surface area contributed by atoms with Crippen molar-refractivity contribution in [3.05, 3.63) is 41.7 Å². The van der Waals surface area contributed by atoms with E-state index >= 15 is 0 Å². The molecule has 0 atom stereocenters. The Kier molecular flexibility index (Phi) is 7.01. The van der Waals surface area contributed by atoms with Crippen LogP contribution in [0.25, 0.3) is 0 Å². The Morgan fingerprint density at radius 2 is 1.95 bits per heavy atom. The molecule has 0 unspecified atom stereocenters. The minimum atomic E-state index is -0.120. The first-order chi connectivity index (χ1) is 10.1. The van der Waals surface area contributed by atoms with Crippen molar-refractivity contribution < 1.29 is 9.59 Å². The van der Waals surface area contributed by atoms with Crippen molar-refractivity contribution in [2.45, 2.75) is 27.2 Å². The molecule has 0 saturated heterocycles. The van der Waals surface area contributed by atoms with E-state index in [1.807, 2.05) is 39.0 Å². The highest BCUT2D eigenvalue weighted by molar-refractivity contribution is 5.93. The lowest BCUT2D eigenvalue weighted by Gasteiger charge is -2.12. The average molecular weight is 289 g/mol. The van der Waals surface area contributed by atoms with Gasteiger partial charge in [-0.1, -0.05) is 25.1 Å². The standard InChI is InChI=1S/C16H23N3O2/c1-4-9-19(12-20)10-8-17-11-15(21)18-16-13(2)6-5-7-14(16)3/h5-8,10,12,17H,4,9,11H2,1-3H3,(H,18,21)/b10-8-. The van der Waals surface area contributed by atoms with Crippen LogP contribution in [0.4, 0.5) is 5.69 Å². The van der Waals surface area contributed by atoms with E-state index in [0.717, 1.165) is 29.6 Å². The smallest absolute Gasteiger partial charge is 0.243 e. The summed E-state index contributed by atoms with van der Waals surface area (Å²) in [6.45, 7) is 6.74. The normalized spacial score (nSPS) is 10.4. The molecule has 0 heterocycles. The fourth-order valence-corrected chi connectivity index (χ4v) is 1.92. The molecule has 0 fully saturated rings. The SMILES string of the molecule is CCCN(C=O)/C=C\NCC(=O)Nc1c(C)cccc1C. The van der Waals surface area contributed by atoms with Crippen molar-refractivity contribution in [1.82, 2.24) is 10.2 Å². The van der Waals surface area contributed by atoms with Crippen LogP contribution in [-0.4, -0.2) is 30.3 Å². The molecular formula is C16H23N3O2. The van der Waals surface area contributed by atoms with Crippen molar-refractivity contribution >= 4 is 18.0 Å². The van der Waals surface area contributed by atoms with E-state index in [0.29, 0.717) is 6.54 Å². The van der Waals surface area contributed by atoms with E-state index in [-0.39, 0.29) is 12.5 Å². The summed E-state index contributed by atoms with van der Waals surface area (Å²) in [5.41, 5.74) is 2.93. The number of anilines is 1. The zero-order valence-corrected chi connectivity index (χ0v) is 12.8. The Balaban J connectivity index is 2.44. The van der Waals surface area contributed by atoms with Gasteiger partial charge in [0.15, 0.2) is 0 Å². The zero-order chi connectivity index (χ0) is 15.7. The third kappa shape index (κ3) is 5.69. The molecule has 0 aliphatic carbocycles. The van der Waals surface area contributed by atoms with Crippen LogP contribution in [0, 0.1) is 13.8 Å². The van der Waals surface area contributed by atoms with Crippen LogP contribution in [0.15, 0.2) is 30.6 Å². The quantitative estimate of drug-likeness (QED) is 0.721. The van der Waals surface area contributed by atoms with E-state index < -0.39 is 0 Å². The molecule has 1 rings (SSSR count). The molecule has 0 saturated carbocycles. The minimum absolute atomic E-state index is 0.120. The van der Waals surface area contributed by atoms with Gasteiger partial charge in [0.1, 0.15) is 0 Å². The summed E-state index contributed by atoms with van der Waals surface area (Å²) in [6, 6.07) is 5.88. The Bertz CT molecular complexity index is 492. The molecule has 0 aliphatic rings. The molecular weight excluding hydrogens is 266 g/mol. The lowest BCUT2D eigenvalue weighted by atomic mass is 10.1. The lowest BCUT2D eigenvalue weighted by molar-refractivity contribution is -0.116. The van der Waals surface area contributed by atoms with Crippen molar-refractivity contribution in [3.63, 3.8) is 0 Å². The Labute approximate surface area is 126 Å². The minimum Gasteiger partial charge on any atom is -0.381 e. The number of hydrogen-bond acceptors (Lipinski definition) is 3. The fourth-order valence-electron chi connectivity index (χ4n) is 1.92. The molecule has 5 nitrogen and oxygen atoms in total. The van der Waals surface area contributed by atoms with Gasteiger partial charge in [0, 0.05) is 24.6 Å². The molecule has 0 aromatic heterocycles. The Morgan fingerprint density at radius 3 is 2.52 bits per heavy atom. The van der Waals surface area contributed by atoms with Crippen LogP contribution >= 0.6 is 0 Å². The summed E-state index contributed by atoms with van der Waals surface area (Å²) >= 11 is 0. The summed E-state index contributed by atoms with van der Waals surface area (Å²) in [7, 11) is 0. The fraction of sp³-hybridized carbons (Fsp3) is 0.375. The van der Waals surface area contributed by atoms with Crippen LogP contribution in [-0.2, 0) is 9.59 Å². The number of carbonyl (C=O) groups is 2. The first kappa shape index (κ1) is 16.8. The molecule has 1 aromatic rings. The van der Waals surface area contributed by atoms with E-state index in [1.165, 1.54) is 4.90 Å². The van der Waals surface area contributed by atoms with Gasteiger partial charge < -0.3 is 15.5 Å². The molecule has 2 amide bonds. The maximum absolute atomic E-state index is 11.9. The predicted octanol–water partition coefficient (Wildman–Crippen LogP) is 2.17. The highest BCUT2D eigenvalue weighted by Crippen LogP contribution is 2.18. The summed E-state index contributed by atoms with van der Waals surface area (Å²) in [5.74, 6) is -0.120. The number of hydrogen-bond donors (Lipinski definition) is 2. The topological polar surface area (TPSA) is 61.4 Å². The van der Waals surface area contributed by atoms with E-state index in [1.54, 1.807) is 12.4 Å². The van der Waals surface area contributed by atoms with E-state index in [4.69, 9.17) is 0 Å². The predicted molar refractivity (Wildman–Crippen MR) is 84.7 cm³/mol. The van der Waals surface area contributed by atoms with Crippen molar-refractivity contribution in [3.8, 4) is 0 Å². The second-order valence-corrected chi connectivity index (χ2v) is 4.85. The van der Waals surface area contributed by atoms with Gasteiger partial charge in [-0.05, 0) is 31.4 Å². The van der Waals surface area contributed by atoms with E-state index in [2.05, 4.69) is 10.6 Å². The first-order valence-electron chi connectivity index (χ1n) is 7.05. The van der Waals surface area contributed by atoms with E-state index in [9.17, 15) is 9.59 Å². The van der Waals surface area contributed by atoms with Crippen LogP contribution in [0.2, 0.25) is 0 Å². The molecule has 114 valence electrons. The third-order valence-corrected chi connectivity index (χ3v) is 3.01. The highest BCUT2D eigenvalue weighted by atomic mass is 16.2. The number of rotatable bonds is 8. The maximum Gasteiger partial charge on any atom is 0.243 e. The second kappa shape index (κ2) is 8.79. The molecule has 2 N–H and O–H groups in total. The summed E-state index contributed by atoms with van der Waals surface area (Å²) in [4.78, 5) is 24.1. The first-order valence-corrected chi connectivity index (χ1v) is 7.05. The Hall–Kier alpha value is -2.30. The van der Waals surface area contributed by atoms with Gasteiger partial charge in [0.2, 0.25) is 12.3 Å². The molecule has 0 aliphatic heterocycles.